The summed E-state index contributed by atoms with van der Waals surface area (Å²) in [5, 5.41) is 16.2. The Hall–Kier alpha value is -3.14. The second-order valence-corrected chi connectivity index (χ2v) is 5.67. The first kappa shape index (κ1) is 20.9. The van der Waals surface area contributed by atoms with E-state index in [1.807, 2.05) is 0 Å². The van der Waals surface area contributed by atoms with E-state index in [1.54, 1.807) is 12.1 Å². The molecule has 26 heavy (non-hydrogen) atoms. The van der Waals surface area contributed by atoms with Crippen LogP contribution in [0.4, 0.5) is 0 Å². The summed E-state index contributed by atoms with van der Waals surface area (Å²) in [5.74, 6) is -2.28. The molecule has 2 atom stereocenters. The molecule has 8 N–H and O–H groups in total. The van der Waals surface area contributed by atoms with E-state index in [2.05, 4.69) is 16.0 Å². The third kappa shape index (κ3) is 7.62. The van der Waals surface area contributed by atoms with Crippen molar-refractivity contribution in [1.29, 1.82) is 0 Å². The van der Waals surface area contributed by atoms with E-state index in [0.29, 0.717) is 0 Å². The molecule has 0 unspecified atom stereocenters. The zero-order valence-electron chi connectivity index (χ0n) is 14.3. The van der Waals surface area contributed by atoms with Gasteiger partial charge < -0.3 is 32.5 Å². The molecule has 0 aromatic heterocycles. The van der Waals surface area contributed by atoms with Gasteiger partial charge in [0.05, 0.1) is 19.1 Å². The number of rotatable bonds is 9. The predicted molar refractivity (Wildman–Crippen MR) is 92.6 cm³/mol. The maximum atomic E-state index is 12.0. The number of phenols is 1. The summed E-state index contributed by atoms with van der Waals surface area (Å²) >= 11 is 0. The van der Waals surface area contributed by atoms with Crippen LogP contribution in [-0.2, 0) is 25.6 Å². The molecule has 0 spiro atoms. The van der Waals surface area contributed by atoms with E-state index >= 15 is 0 Å². The smallest absolute Gasteiger partial charge is 0.242 e. The van der Waals surface area contributed by atoms with E-state index < -0.39 is 35.7 Å². The highest BCUT2D eigenvalue weighted by atomic mass is 16.3. The molecule has 0 saturated carbocycles. The van der Waals surface area contributed by atoms with Gasteiger partial charge in [-0.1, -0.05) is 12.1 Å². The summed E-state index contributed by atoms with van der Waals surface area (Å²) in [6, 6.07) is 4.47. The summed E-state index contributed by atoms with van der Waals surface area (Å²) in [7, 11) is 0. The van der Waals surface area contributed by atoms with Crippen molar-refractivity contribution < 1.29 is 24.3 Å². The molecule has 0 fully saturated rings. The van der Waals surface area contributed by atoms with Crippen molar-refractivity contribution >= 4 is 23.6 Å². The molecule has 10 heteroatoms. The number of carbonyl (C=O) groups is 4. The molecule has 0 heterocycles. The topological polar surface area (TPSA) is 177 Å². The van der Waals surface area contributed by atoms with Crippen LogP contribution in [0.1, 0.15) is 12.5 Å². The number of benzene rings is 1. The van der Waals surface area contributed by atoms with Crippen molar-refractivity contribution in [3.63, 3.8) is 0 Å². The predicted octanol–water partition coefficient (Wildman–Crippen LogP) is -2.52. The molecule has 0 aliphatic carbocycles. The van der Waals surface area contributed by atoms with Crippen molar-refractivity contribution in [1.82, 2.24) is 16.0 Å². The SMILES string of the molecule is C[C@H](NC(=O)[C@@H](N)Cc1ccc(O)cc1)C(=O)NCC(=O)NCC(N)=O. The maximum absolute atomic E-state index is 12.0. The first-order valence-corrected chi connectivity index (χ1v) is 7.85. The van der Waals surface area contributed by atoms with Crippen LogP contribution in [0, 0.1) is 0 Å². The number of primary amides is 1. The van der Waals surface area contributed by atoms with Gasteiger partial charge in [-0.3, -0.25) is 19.2 Å². The summed E-state index contributed by atoms with van der Waals surface area (Å²) in [6.07, 6.45) is 0.232. The highest BCUT2D eigenvalue weighted by molar-refractivity contribution is 5.92. The Morgan fingerprint density at radius 1 is 1.04 bits per heavy atom. The summed E-state index contributed by atoms with van der Waals surface area (Å²) in [5.41, 5.74) is 11.4. The Morgan fingerprint density at radius 3 is 2.23 bits per heavy atom. The van der Waals surface area contributed by atoms with Gasteiger partial charge in [0.15, 0.2) is 0 Å². The summed E-state index contributed by atoms with van der Waals surface area (Å²) < 4.78 is 0. The largest absolute Gasteiger partial charge is 0.508 e. The van der Waals surface area contributed by atoms with Crippen LogP contribution in [0.5, 0.6) is 5.75 Å². The summed E-state index contributed by atoms with van der Waals surface area (Å²) in [6.45, 7) is 0.765. The lowest BCUT2D eigenvalue weighted by Crippen LogP contribution is -2.52. The van der Waals surface area contributed by atoms with Crippen LogP contribution in [-0.4, -0.2) is 53.9 Å². The Bertz CT molecular complexity index is 661. The van der Waals surface area contributed by atoms with Crippen molar-refractivity contribution in [2.75, 3.05) is 13.1 Å². The molecule has 0 aliphatic heterocycles. The van der Waals surface area contributed by atoms with Crippen LogP contribution >= 0.6 is 0 Å². The van der Waals surface area contributed by atoms with Crippen molar-refractivity contribution in [2.24, 2.45) is 11.5 Å². The van der Waals surface area contributed by atoms with E-state index in [0.717, 1.165) is 5.56 Å². The van der Waals surface area contributed by atoms with Crippen molar-refractivity contribution in [3.05, 3.63) is 29.8 Å². The molecule has 1 aromatic carbocycles. The maximum Gasteiger partial charge on any atom is 0.242 e. The van der Waals surface area contributed by atoms with E-state index in [-0.39, 0.29) is 25.3 Å². The van der Waals surface area contributed by atoms with Crippen molar-refractivity contribution in [3.8, 4) is 5.75 Å². The number of amides is 4. The van der Waals surface area contributed by atoms with Crippen LogP contribution in [0.3, 0.4) is 0 Å². The van der Waals surface area contributed by atoms with E-state index in [4.69, 9.17) is 11.5 Å². The average Bonchev–Trinajstić information content (AvgIpc) is 2.59. The molecular formula is C16H23N5O5. The van der Waals surface area contributed by atoms with Gasteiger partial charge in [-0.25, -0.2) is 0 Å². The minimum atomic E-state index is -0.905. The molecule has 0 saturated heterocycles. The molecular weight excluding hydrogens is 342 g/mol. The van der Waals surface area contributed by atoms with Crippen LogP contribution in [0.25, 0.3) is 0 Å². The first-order valence-electron chi connectivity index (χ1n) is 7.85. The van der Waals surface area contributed by atoms with Gasteiger partial charge in [0.1, 0.15) is 11.8 Å². The molecule has 10 nitrogen and oxygen atoms in total. The molecule has 0 radical (unpaired) electrons. The van der Waals surface area contributed by atoms with Gasteiger partial charge in [-0.2, -0.15) is 0 Å². The molecule has 1 aromatic rings. The minimum absolute atomic E-state index is 0.108. The third-order valence-corrected chi connectivity index (χ3v) is 3.36. The lowest BCUT2D eigenvalue weighted by molar-refractivity contribution is -0.130. The monoisotopic (exact) mass is 365 g/mol. The fourth-order valence-corrected chi connectivity index (χ4v) is 1.93. The van der Waals surface area contributed by atoms with Crippen molar-refractivity contribution in [2.45, 2.75) is 25.4 Å². The second kappa shape index (κ2) is 9.99. The highest BCUT2D eigenvalue weighted by Gasteiger charge is 2.20. The van der Waals surface area contributed by atoms with E-state index in [1.165, 1.54) is 19.1 Å². The quantitative estimate of drug-likeness (QED) is 0.281. The average molecular weight is 365 g/mol. The Labute approximate surface area is 150 Å². The number of phenolic OH excluding ortho intramolecular Hbond substituents is 1. The van der Waals surface area contributed by atoms with Gasteiger partial charge in [0, 0.05) is 0 Å². The lowest BCUT2D eigenvalue weighted by atomic mass is 10.1. The number of nitrogens with two attached hydrogens (primary N) is 2. The summed E-state index contributed by atoms with van der Waals surface area (Å²) in [4.78, 5) is 45.8. The number of carbonyl (C=O) groups excluding carboxylic acids is 4. The molecule has 4 amide bonds. The number of aromatic hydroxyl groups is 1. The third-order valence-electron chi connectivity index (χ3n) is 3.36. The zero-order chi connectivity index (χ0) is 19.7. The van der Waals surface area contributed by atoms with Gasteiger partial charge in [-0.15, -0.1) is 0 Å². The molecule has 1 rings (SSSR count). The van der Waals surface area contributed by atoms with Gasteiger partial charge in [-0.05, 0) is 31.0 Å². The second-order valence-electron chi connectivity index (χ2n) is 5.67. The van der Waals surface area contributed by atoms with Crippen LogP contribution < -0.4 is 27.4 Å². The van der Waals surface area contributed by atoms with E-state index in [9.17, 15) is 24.3 Å². The van der Waals surface area contributed by atoms with Gasteiger partial charge >= 0.3 is 0 Å². The molecule has 0 aliphatic rings. The first-order chi connectivity index (χ1) is 12.2. The number of hydrogen-bond acceptors (Lipinski definition) is 6. The van der Waals surface area contributed by atoms with Crippen LogP contribution in [0.15, 0.2) is 24.3 Å². The Kier molecular flexibility index (Phi) is 8.03. The standard InChI is InChI=1S/C16H23N5O5/c1-9(15(25)20-8-14(24)19-7-13(18)23)21-16(26)12(17)6-10-2-4-11(22)5-3-10/h2-5,9,12,22H,6-8,17H2,1H3,(H2,18,23)(H,19,24)(H,20,25)(H,21,26)/t9-,12-/m0/s1. The highest BCUT2D eigenvalue weighted by Crippen LogP contribution is 2.10. The Morgan fingerprint density at radius 2 is 1.65 bits per heavy atom. The Balaban J connectivity index is 2.39. The van der Waals surface area contributed by atoms with Gasteiger partial charge in [0.2, 0.25) is 23.6 Å². The lowest BCUT2D eigenvalue weighted by Gasteiger charge is -2.17. The van der Waals surface area contributed by atoms with Crippen LogP contribution in [0.2, 0.25) is 0 Å². The molecule has 142 valence electrons. The zero-order valence-corrected chi connectivity index (χ0v) is 14.3. The fourth-order valence-electron chi connectivity index (χ4n) is 1.93. The number of nitrogens with one attached hydrogen (secondary N) is 3. The minimum Gasteiger partial charge on any atom is -0.508 e. The number of hydrogen-bond donors (Lipinski definition) is 6. The van der Waals surface area contributed by atoms with Gasteiger partial charge in [0.25, 0.3) is 0 Å². The molecule has 0 bridgehead atoms. The normalized spacial score (nSPS) is 12.5. The fraction of sp³-hybridized carbons (Fsp3) is 0.375.